The van der Waals surface area contributed by atoms with Crippen LogP contribution in [0.15, 0.2) is 42.5 Å². The summed E-state index contributed by atoms with van der Waals surface area (Å²) in [6.45, 7) is 5.00. The van der Waals surface area contributed by atoms with Crippen LogP contribution in [0, 0.1) is 19.7 Å². The molecule has 23 heavy (non-hydrogen) atoms. The van der Waals surface area contributed by atoms with Gasteiger partial charge in [-0.15, -0.1) is 0 Å². The average molecular weight is 315 g/mol. The lowest BCUT2D eigenvalue weighted by atomic mass is 10.1. The van der Waals surface area contributed by atoms with E-state index in [9.17, 15) is 14.0 Å². The lowest BCUT2D eigenvalue weighted by Crippen LogP contribution is -2.30. The Kier molecular flexibility index (Phi) is 5.11. The van der Waals surface area contributed by atoms with Crippen LogP contribution in [0.2, 0.25) is 0 Å². The van der Waals surface area contributed by atoms with Crippen molar-refractivity contribution in [3.63, 3.8) is 0 Å². The Hall–Kier alpha value is -2.69. The molecule has 2 aromatic carbocycles. The third-order valence-electron chi connectivity index (χ3n) is 3.38. The molecular weight excluding hydrogens is 297 g/mol. The smallest absolute Gasteiger partial charge is 0.339 e. The quantitative estimate of drug-likeness (QED) is 0.877. The van der Waals surface area contributed by atoms with Crippen LogP contribution in [-0.2, 0) is 9.53 Å². The van der Waals surface area contributed by atoms with Crippen LogP contribution in [0.4, 0.5) is 10.1 Å². The molecule has 2 rings (SSSR count). The lowest BCUT2D eigenvalue weighted by molar-refractivity contribution is -0.123. The van der Waals surface area contributed by atoms with Crippen molar-refractivity contribution < 1.29 is 18.7 Å². The molecule has 5 heteroatoms. The van der Waals surface area contributed by atoms with Crippen molar-refractivity contribution in [2.24, 2.45) is 0 Å². The van der Waals surface area contributed by atoms with Crippen LogP contribution in [-0.4, -0.2) is 18.0 Å². The number of ether oxygens (including phenoxy) is 1. The Morgan fingerprint density at radius 2 is 1.74 bits per heavy atom. The second-order valence-corrected chi connectivity index (χ2v) is 5.37. The summed E-state index contributed by atoms with van der Waals surface area (Å²) in [4.78, 5) is 24.0. The van der Waals surface area contributed by atoms with Crippen LogP contribution in [0.3, 0.4) is 0 Å². The largest absolute Gasteiger partial charge is 0.449 e. The number of aryl methyl sites for hydroxylation is 2. The fraction of sp³-hybridized carbons (Fsp3) is 0.222. The van der Waals surface area contributed by atoms with Crippen LogP contribution < -0.4 is 5.32 Å². The van der Waals surface area contributed by atoms with Gasteiger partial charge in [-0.05, 0) is 50.6 Å². The van der Waals surface area contributed by atoms with E-state index in [2.05, 4.69) is 5.32 Å². The summed E-state index contributed by atoms with van der Waals surface area (Å²) < 4.78 is 18.5. The van der Waals surface area contributed by atoms with Crippen LogP contribution in [0.25, 0.3) is 0 Å². The molecule has 1 N–H and O–H groups in total. The zero-order valence-corrected chi connectivity index (χ0v) is 13.2. The summed E-state index contributed by atoms with van der Waals surface area (Å²) in [5.41, 5.74) is 2.20. The molecule has 2 aromatic rings. The van der Waals surface area contributed by atoms with Gasteiger partial charge in [0, 0.05) is 5.69 Å². The van der Waals surface area contributed by atoms with Gasteiger partial charge in [0.05, 0.1) is 5.56 Å². The molecule has 0 saturated heterocycles. The van der Waals surface area contributed by atoms with E-state index in [1.165, 1.54) is 19.1 Å². The number of rotatable bonds is 4. The molecule has 0 saturated carbocycles. The first-order valence-corrected chi connectivity index (χ1v) is 7.21. The molecule has 0 aliphatic carbocycles. The Balaban J connectivity index is 1.98. The monoisotopic (exact) mass is 315 g/mol. The van der Waals surface area contributed by atoms with Crippen molar-refractivity contribution in [3.05, 3.63) is 65.0 Å². The Morgan fingerprint density at radius 3 is 2.35 bits per heavy atom. The van der Waals surface area contributed by atoms with Crippen LogP contribution in [0.5, 0.6) is 0 Å². The van der Waals surface area contributed by atoms with Crippen molar-refractivity contribution in [2.75, 3.05) is 5.32 Å². The molecule has 0 aliphatic rings. The molecule has 0 spiro atoms. The van der Waals surface area contributed by atoms with Crippen molar-refractivity contribution in [2.45, 2.75) is 26.9 Å². The summed E-state index contributed by atoms with van der Waals surface area (Å²) in [6, 6.07) is 11.3. The van der Waals surface area contributed by atoms with E-state index in [0.29, 0.717) is 11.3 Å². The maximum absolute atomic E-state index is 13.5. The lowest BCUT2D eigenvalue weighted by Gasteiger charge is -2.14. The summed E-state index contributed by atoms with van der Waals surface area (Å²) in [5, 5.41) is 2.66. The second kappa shape index (κ2) is 7.05. The van der Waals surface area contributed by atoms with Gasteiger partial charge in [-0.1, -0.05) is 23.8 Å². The van der Waals surface area contributed by atoms with Gasteiger partial charge in [0.1, 0.15) is 5.82 Å². The minimum atomic E-state index is -0.992. The Morgan fingerprint density at radius 1 is 1.09 bits per heavy atom. The summed E-state index contributed by atoms with van der Waals surface area (Å²) in [6.07, 6.45) is -0.992. The third kappa shape index (κ3) is 4.39. The summed E-state index contributed by atoms with van der Waals surface area (Å²) in [7, 11) is 0. The molecule has 0 aliphatic heterocycles. The number of carbonyl (C=O) groups excluding carboxylic acids is 2. The van der Waals surface area contributed by atoms with Crippen molar-refractivity contribution in [3.8, 4) is 0 Å². The number of halogens is 1. The molecule has 0 unspecified atom stereocenters. The minimum Gasteiger partial charge on any atom is -0.449 e. The molecule has 4 nitrogen and oxygen atoms in total. The maximum atomic E-state index is 13.5. The van der Waals surface area contributed by atoms with E-state index in [1.54, 1.807) is 19.1 Å². The van der Waals surface area contributed by atoms with E-state index in [0.717, 1.165) is 11.6 Å². The normalized spacial score (nSPS) is 11.7. The first kappa shape index (κ1) is 16.7. The van der Waals surface area contributed by atoms with Gasteiger partial charge in [-0.3, -0.25) is 4.79 Å². The van der Waals surface area contributed by atoms with Gasteiger partial charge >= 0.3 is 5.97 Å². The molecule has 1 amide bonds. The molecular formula is C18H18FNO3. The zero-order chi connectivity index (χ0) is 17.0. The molecule has 0 radical (unpaired) electrons. The Bertz CT molecular complexity index is 726. The summed E-state index contributed by atoms with van der Waals surface area (Å²) >= 11 is 0. The number of hydrogen-bond donors (Lipinski definition) is 1. The highest BCUT2D eigenvalue weighted by molar-refractivity contribution is 5.97. The highest BCUT2D eigenvalue weighted by Gasteiger charge is 2.19. The number of hydrogen-bond acceptors (Lipinski definition) is 3. The van der Waals surface area contributed by atoms with Crippen LogP contribution >= 0.6 is 0 Å². The van der Waals surface area contributed by atoms with Gasteiger partial charge in [0.15, 0.2) is 6.10 Å². The number of benzene rings is 2. The number of nitrogens with one attached hydrogen (secondary N) is 1. The number of carbonyl (C=O) groups is 2. The maximum Gasteiger partial charge on any atom is 0.339 e. The van der Waals surface area contributed by atoms with Gasteiger partial charge < -0.3 is 10.1 Å². The van der Waals surface area contributed by atoms with E-state index in [-0.39, 0.29) is 5.56 Å². The zero-order valence-electron chi connectivity index (χ0n) is 13.2. The predicted molar refractivity (Wildman–Crippen MR) is 85.8 cm³/mol. The number of anilines is 1. The first-order chi connectivity index (χ1) is 10.9. The molecule has 0 aromatic heterocycles. The van der Waals surface area contributed by atoms with Gasteiger partial charge in [0.2, 0.25) is 0 Å². The highest BCUT2D eigenvalue weighted by atomic mass is 19.1. The number of esters is 1. The van der Waals surface area contributed by atoms with Crippen LogP contribution in [0.1, 0.15) is 28.4 Å². The van der Waals surface area contributed by atoms with Crippen molar-refractivity contribution >= 4 is 17.6 Å². The standard InChI is InChI=1S/C18H18FNO3/c1-11-4-8-15(9-5-11)20-17(21)13(3)23-18(22)14-7-6-12(2)16(19)10-14/h4-10,13H,1-3H3,(H,20,21)/t13-/m0/s1. The molecule has 0 heterocycles. The van der Waals surface area contributed by atoms with Crippen molar-refractivity contribution in [1.82, 2.24) is 0 Å². The summed E-state index contributed by atoms with van der Waals surface area (Å²) in [5.74, 6) is -1.68. The molecule has 1 atom stereocenters. The molecule has 120 valence electrons. The highest BCUT2D eigenvalue weighted by Crippen LogP contribution is 2.13. The van der Waals surface area contributed by atoms with E-state index in [1.807, 2.05) is 19.1 Å². The van der Waals surface area contributed by atoms with Gasteiger partial charge in [0.25, 0.3) is 5.91 Å². The average Bonchev–Trinajstić information content (AvgIpc) is 2.52. The molecule has 0 bridgehead atoms. The van der Waals surface area contributed by atoms with E-state index >= 15 is 0 Å². The predicted octanol–water partition coefficient (Wildman–Crippen LogP) is 3.63. The van der Waals surface area contributed by atoms with Crippen molar-refractivity contribution in [1.29, 1.82) is 0 Å². The fourth-order valence-electron chi connectivity index (χ4n) is 1.88. The number of amides is 1. The SMILES string of the molecule is Cc1ccc(NC(=O)[C@H](C)OC(=O)c2ccc(C)c(F)c2)cc1. The minimum absolute atomic E-state index is 0.0723. The Labute approximate surface area is 134 Å². The second-order valence-electron chi connectivity index (χ2n) is 5.37. The van der Waals surface area contributed by atoms with Gasteiger partial charge in [-0.2, -0.15) is 0 Å². The first-order valence-electron chi connectivity index (χ1n) is 7.21. The topological polar surface area (TPSA) is 55.4 Å². The fourth-order valence-corrected chi connectivity index (χ4v) is 1.88. The van der Waals surface area contributed by atoms with Gasteiger partial charge in [-0.25, -0.2) is 9.18 Å². The van der Waals surface area contributed by atoms with E-state index in [4.69, 9.17) is 4.74 Å². The third-order valence-corrected chi connectivity index (χ3v) is 3.38. The molecule has 0 fully saturated rings. The van der Waals surface area contributed by atoms with E-state index < -0.39 is 23.8 Å².